The first-order valence-electron chi connectivity index (χ1n) is 6.84. The van der Waals surface area contributed by atoms with Crippen molar-refractivity contribution < 1.29 is 4.79 Å². The van der Waals surface area contributed by atoms with Crippen LogP contribution in [0.1, 0.15) is 10.4 Å². The summed E-state index contributed by atoms with van der Waals surface area (Å²) in [6.45, 7) is 0.780. The Labute approximate surface area is 134 Å². The van der Waals surface area contributed by atoms with Gasteiger partial charge in [-0.05, 0) is 40.4 Å². The Kier molecular flexibility index (Phi) is 3.96. The van der Waals surface area contributed by atoms with Gasteiger partial charge in [-0.15, -0.1) is 0 Å². The van der Waals surface area contributed by atoms with E-state index in [1.165, 1.54) is 0 Å². The van der Waals surface area contributed by atoms with Crippen molar-refractivity contribution in [3.05, 3.63) is 56.9 Å². The summed E-state index contributed by atoms with van der Waals surface area (Å²) < 4.78 is 0.847. The van der Waals surface area contributed by atoms with E-state index in [1.807, 2.05) is 18.2 Å². The third kappa shape index (κ3) is 2.51. The molecule has 0 unspecified atom stereocenters. The molecule has 3 rings (SSSR count). The minimum atomic E-state index is -0.198. The van der Waals surface area contributed by atoms with Crippen molar-refractivity contribution in [2.75, 3.05) is 13.1 Å². The van der Waals surface area contributed by atoms with Crippen LogP contribution in [0.5, 0.6) is 0 Å². The molecule has 0 radical (unpaired) electrons. The molecule has 0 fully saturated rings. The van der Waals surface area contributed by atoms with Gasteiger partial charge >= 0.3 is 0 Å². The predicted octanol–water partition coefficient (Wildman–Crippen LogP) is 2.13. The molecule has 1 heterocycles. The number of carbonyl (C=O) groups excluding carboxylic acids is 1. The Morgan fingerprint density at radius 2 is 2.05 bits per heavy atom. The molecule has 1 amide bonds. The van der Waals surface area contributed by atoms with Crippen molar-refractivity contribution in [1.29, 1.82) is 0 Å². The zero-order chi connectivity index (χ0) is 15.7. The van der Waals surface area contributed by atoms with Gasteiger partial charge in [0, 0.05) is 29.3 Å². The van der Waals surface area contributed by atoms with Gasteiger partial charge < -0.3 is 16.0 Å². The summed E-state index contributed by atoms with van der Waals surface area (Å²) in [5.41, 5.74) is 5.80. The fourth-order valence-corrected chi connectivity index (χ4v) is 2.91. The highest BCUT2D eigenvalue weighted by Crippen LogP contribution is 2.29. The molecule has 1 aromatic heterocycles. The van der Waals surface area contributed by atoms with Gasteiger partial charge in [-0.2, -0.15) is 0 Å². The molecular weight excluding hydrogens is 346 g/mol. The standard InChI is InChI=1S/C16H14BrN3O2/c17-10-1-2-11-12(8-10)13(15(21)20-6-4-18)7-9-3-5-19-16(22)14(9)11/h1-3,5,7-8H,4,6,18H2,(H,19,22)(H,20,21). The van der Waals surface area contributed by atoms with Gasteiger partial charge in [0.25, 0.3) is 11.5 Å². The van der Waals surface area contributed by atoms with Gasteiger partial charge in [0.05, 0.1) is 5.39 Å². The van der Waals surface area contributed by atoms with Gasteiger partial charge in [-0.25, -0.2) is 0 Å². The quantitative estimate of drug-likeness (QED) is 0.626. The number of fused-ring (bicyclic) bond motifs is 3. The molecule has 0 atom stereocenters. The van der Waals surface area contributed by atoms with Crippen molar-refractivity contribution in [3.63, 3.8) is 0 Å². The van der Waals surface area contributed by atoms with Gasteiger partial charge in [0.1, 0.15) is 0 Å². The molecule has 3 aromatic rings. The van der Waals surface area contributed by atoms with Crippen LogP contribution >= 0.6 is 15.9 Å². The first-order chi connectivity index (χ1) is 10.6. The molecule has 4 N–H and O–H groups in total. The van der Waals surface area contributed by atoms with E-state index in [2.05, 4.69) is 26.2 Å². The first kappa shape index (κ1) is 14.7. The molecule has 22 heavy (non-hydrogen) atoms. The fraction of sp³-hybridized carbons (Fsp3) is 0.125. The Hall–Kier alpha value is -2.18. The molecule has 112 valence electrons. The Bertz CT molecular complexity index is 934. The lowest BCUT2D eigenvalue weighted by Crippen LogP contribution is -2.29. The average Bonchev–Trinajstić information content (AvgIpc) is 2.51. The van der Waals surface area contributed by atoms with Crippen LogP contribution in [-0.2, 0) is 0 Å². The molecule has 2 aromatic carbocycles. The van der Waals surface area contributed by atoms with E-state index in [0.717, 1.165) is 20.6 Å². The summed E-state index contributed by atoms with van der Waals surface area (Å²) in [5, 5.41) is 5.57. The normalized spacial score (nSPS) is 11.0. The number of pyridine rings is 1. The van der Waals surface area contributed by atoms with Crippen LogP contribution in [0, 0.1) is 0 Å². The lowest BCUT2D eigenvalue weighted by molar-refractivity contribution is 0.0956. The Balaban J connectivity index is 2.37. The smallest absolute Gasteiger partial charge is 0.256 e. The average molecular weight is 360 g/mol. The topological polar surface area (TPSA) is 88.0 Å². The lowest BCUT2D eigenvalue weighted by atomic mass is 9.98. The van der Waals surface area contributed by atoms with Crippen molar-refractivity contribution >= 4 is 43.4 Å². The number of H-pyrrole nitrogens is 1. The van der Waals surface area contributed by atoms with Crippen LogP contribution in [-0.4, -0.2) is 24.0 Å². The number of halogens is 1. The van der Waals surface area contributed by atoms with Gasteiger partial charge in [-0.1, -0.05) is 22.0 Å². The highest BCUT2D eigenvalue weighted by Gasteiger charge is 2.14. The zero-order valence-electron chi connectivity index (χ0n) is 11.7. The summed E-state index contributed by atoms with van der Waals surface area (Å²) in [7, 11) is 0. The van der Waals surface area contributed by atoms with Crippen LogP contribution in [0.15, 0.2) is 45.8 Å². The van der Waals surface area contributed by atoms with Crippen molar-refractivity contribution in [3.8, 4) is 0 Å². The van der Waals surface area contributed by atoms with Crippen molar-refractivity contribution in [2.24, 2.45) is 5.73 Å². The summed E-state index contributed by atoms with van der Waals surface area (Å²) in [6.07, 6.45) is 1.58. The number of nitrogens with two attached hydrogens (primary N) is 1. The second-order valence-corrected chi connectivity index (χ2v) is 5.85. The molecule has 0 spiro atoms. The summed E-state index contributed by atoms with van der Waals surface area (Å²) in [4.78, 5) is 27.2. The van der Waals surface area contributed by atoms with Gasteiger partial charge in [0.15, 0.2) is 0 Å². The first-order valence-corrected chi connectivity index (χ1v) is 7.63. The minimum absolute atomic E-state index is 0.168. The van der Waals surface area contributed by atoms with Crippen LogP contribution in [0.3, 0.4) is 0 Å². The van der Waals surface area contributed by atoms with E-state index >= 15 is 0 Å². The molecular formula is C16H14BrN3O2. The number of hydrogen-bond donors (Lipinski definition) is 3. The minimum Gasteiger partial charge on any atom is -0.351 e. The van der Waals surface area contributed by atoms with E-state index < -0.39 is 0 Å². The number of carbonyl (C=O) groups is 1. The molecule has 6 heteroatoms. The second kappa shape index (κ2) is 5.90. The zero-order valence-corrected chi connectivity index (χ0v) is 13.2. The van der Waals surface area contributed by atoms with Crippen molar-refractivity contribution in [1.82, 2.24) is 10.3 Å². The highest BCUT2D eigenvalue weighted by molar-refractivity contribution is 9.10. The number of nitrogens with one attached hydrogen (secondary N) is 2. The number of hydrogen-bond acceptors (Lipinski definition) is 3. The molecule has 0 aliphatic rings. The third-order valence-corrected chi connectivity index (χ3v) is 4.00. The maximum atomic E-state index is 12.4. The summed E-state index contributed by atoms with van der Waals surface area (Å²) in [5.74, 6) is -0.198. The number of rotatable bonds is 3. The van der Waals surface area contributed by atoms with Crippen LogP contribution in [0.4, 0.5) is 0 Å². The number of aromatic nitrogens is 1. The maximum absolute atomic E-state index is 12.4. The second-order valence-electron chi connectivity index (χ2n) is 4.93. The predicted molar refractivity (Wildman–Crippen MR) is 91.2 cm³/mol. The Morgan fingerprint density at radius 3 is 2.82 bits per heavy atom. The van der Waals surface area contributed by atoms with Crippen LogP contribution < -0.4 is 16.6 Å². The monoisotopic (exact) mass is 359 g/mol. The van der Waals surface area contributed by atoms with Gasteiger partial charge in [-0.3, -0.25) is 9.59 Å². The fourth-order valence-electron chi connectivity index (χ4n) is 2.55. The van der Waals surface area contributed by atoms with Gasteiger partial charge in [0.2, 0.25) is 0 Å². The highest BCUT2D eigenvalue weighted by atomic mass is 79.9. The Morgan fingerprint density at radius 1 is 1.23 bits per heavy atom. The number of benzene rings is 2. The van der Waals surface area contributed by atoms with E-state index in [0.29, 0.717) is 24.0 Å². The SMILES string of the molecule is NCCNC(=O)c1cc2cc[nH]c(=O)c2c2ccc(Br)cc12. The van der Waals surface area contributed by atoms with Crippen molar-refractivity contribution in [2.45, 2.75) is 0 Å². The molecule has 5 nitrogen and oxygen atoms in total. The maximum Gasteiger partial charge on any atom is 0.256 e. The van der Waals surface area contributed by atoms with E-state index in [-0.39, 0.29) is 11.5 Å². The molecule has 0 bridgehead atoms. The van der Waals surface area contributed by atoms with E-state index in [9.17, 15) is 9.59 Å². The van der Waals surface area contributed by atoms with E-state index in [1.54, 1.807) is 18.3 Å². The third-order valence-electron chi connectivity index (χ3n) is 3.51. The molecule has 0 aliphatic carbocycles. The number of amides is 1. The van der Waals surface area contributed by atoms with E-state index in [4.69, 9.17) is 5.73 Å². The van der Waals surface area contributed by atoms with Crippen LogP contribution in [0.2, 0.25) is 0 Å². The summed E-state index contributed by atoms with van der Waals surface area (Å²) >= 11 is 3.41. The number of aromatic amines is 1. The lowest BCUT2D eigenvalue weighted by Gasteiger charge is -2.10. The largest absolute Gasteiger partial charge is 0.351 e. The molecule has 0 saturated carbocycles. The molecule has 0 saturated heterocycles. The van der Waals surface area contributed by atoms with Crippen LogP contribution in [0.25, 0.3) is 21.5 Å². The molecule has 0 aliphatic heterocycles. The summed E-state index contributed by atoms with van der Waals surface area (Å²) in [6, 6.07) is 9.08.